The van der Waals surface area contributed by atoms with Gasteiger partial charge < -0.3 is 14.9 Å². The zero-order valence-corrected chi connectivity index (χ0v) is 8.96. The molecule has 5 heteroatoms. The second-order valence-corrected chi connectivity index (χ2v) is 2.17. The minimum Gasteiger partial charge on any atom is -0.461 e. The van der Waals surface area contributed by atoms with Gasteiger partial charge in [0.25, 0.3) is 0 Å². The summed E-state index contributed by atoms with van der Waals surface area (Å²) < 4.78 is 9.53. The van der Waals surface area contributed by atoms with Crippen molar-refractivity contribution in [2.24, 2.45) is 0 Å². The van der Waals surface area contributed by atoms with Crippen LogP contribution in [0.25, 0.3) is 0 Å². The zero-order valence-electron chi connectivity index (χ0n) is 8.96. The van der Waals surface area contributed by atoms with Crippen molar-refractivity contribution in [3.63, 3.8) is 0 Å². The van der Waals surface area contributed by atoms with Crippen molar-refractivity contribution in [3.05, 3.63) is 11.6 Å². The lowest BCUT2D eigenvalue weighted by atomic mass is 10.4. The van der Waals surface area contributed by atoms with Crippen LogP contribution < -0.4 is 5.73 Å². The number of oxazole rings is 1. The summed E-state index contributed by atoms with van der Waals surface area (Å²) in [5.41, 5.74) is 5.39. The van der Waals surface area contributed by atoms with E-state index >= 15 is 0 Å². The van der Waals surface area contributed by atoms with Crippen LogP contribution in [-0.4, -0.2) is 17.6 Å². The summed E-state index contributed by atoms with van der Waals surface area (Å²) in [5.74, 6) is -0.187. The van der Waals surface area contributed by atoms with Crippen molar-refractivity contribution < 1.29 is 13.9 Å². The van der Waals surface area contributed by atoms with Crippen LogP contribution in [0.15, 0.2) is 4.42 Å². The molecule has 0 saturated heterocycles. The summed E-state index contributed by atoms with van der Waals surface area (Å²) in [6.07, 6.45) is 0. The first-order valence-electron chi connectivity index (χ1n) is 4.55. The third-order valence-corrected chi connectivity index (χ3v) is 1.23. The minimum absolute atomic E-state index is 0.00551. The molecule has 0 unspecified atom stereocenters. The summed E-state index contributed by atoms with van der Waals surface area (Å²) in [5, 5.41) is 0. The molecular weight excluding hydrogens is 184 g/mol. The van der Waals surface area contributed by atoms with E-state index in [-0.39, 0.29) is 11.6 Å². The van der Waals surface area contributed by atoms with Crippen molar-refractivity contribution in [2.75, 3.05) is 12.3 Å². The van der Waals surface area contributed by atoms with E-state index in [1.807, 2.05) is 13.8 Å². The van der Waals surface area contributed by atoms with E-state index in [2.05, 4.69) is 9.72 Å². The average molecular weight is 200 g/mol. The number of nitrogens with zero attached hydrogens (tertiary/aromatic N) is 1. The number of hydrogen-bond acceptors (Lipinski definition) is 5. The van der Waals surface area contributed by atoms with Crippen molar-refractivity contribution >= 4 is 11.9 Å². The topological polar surface area (TPSA) is 78.3 Å². The fourth-order valence-electron chi connectivity index (χ4n) is 0.789. The normalized spacial score (nSPS) is 8.86. The van der Waals surface area contributed by atoms with Crippen LogP contribution in [0.3, 0.4) is 0 Å². The number of carbonyl (C=O) groups is 1. The van der Waals surface area contributed by atoms with Crippen molar-refractivity contribution in [1.29, 1.82) is 0 Å². The van der Waals surface area contributed by atoms with Gasteiger partial charge in [0.2, 0.25) is 11.6 Å². The summed E-state index contributed by atoms with van der Waals surface area (Å²) in [6.45, 7) is 7.62. The van der Waals surface area contributed by atoms with E-state index < -0.39 is 5.97 Å². The maximum atomic E-state index is 11.1. The highest BCUT2D eigenvalue weighted by Gasteiger charge is 2.16. The molecule has 14 heavy (non-hydrogen) atoms. The van der Waals surface area contributed by atoms with E-state index in [4.69, 9.17) is 10.2 Å². The third kappa shape index (κ3) is 3.08. The first kappa shape index (κ1) is 12.5. The van der Waals surface area contributed by atoms with Crippen LogP contribution in [0.5, 0.6) is 0 Å². The quantitative estimate of drug-likeness (QED) is 0.736. The smallest absolute Gasteiger partial charge is 0.362 e. The standard InChI is InChI=1S/C7H10N2O3.C2H6/c1-3-11-7(10)5-6(8)12-4(2)9-5;1-2/h3,8H2,1-2H3;1-2H3. The van der Waals surface area contributed by atoms with E-state index in [1.54, 1.807) is 13.8 Å². The van der Waals surface area contributed by atoms with E-state index in [9.17, 15) is 4.79 Å². The van der Waals surface area contributed by atoms with Gasteiger partial charge in [-0.1, -0.05) is 13.8 Å². The van der Waals surface area contributed by atoms with Crippen LogP contribution in [0.2, 0.25) is 0 Å². The van der Waals surface area contributed by atoms with Crippen LogP contribution >= 0.6 is 0 Å². The van der Waals surface area contributed by atoms with E-state index in [0.29, 0.717) is 12.5 Å². The van der Waals surface area contributed by atoms with Crippen molar-refractivity contribution in [3.8, 4) is 0 Å². The second-order valence-electron chi connectivity index (χ2n) is 2.17. The molecule has 0 saturated carbocycles. The fourth-order valence-corrected chi connectivity index (χ4v) is 0.789. The van der Waals surface area contributed by atoms with Crippen LogP contribution in [0.1, 0.15) is 37.2 Å². The van der Waals surface area contributed by atoms with Gasteiger partial charge in [-0.2, -0.15) is 0 Å². The number of aromatic nitrogens is 1. The monoisotopic (exact) mass is 200 g/mol. The molecule has 5 nitrogen and oxygen atoms in total. The van der Waals surface area contributed by atoms with Gasteiger partial charge >= 0.3 is 5.97 Å². The summed E-state index contributed by atoms with van der Waals surface area (Å²) in [7, 11) is 0. The molecule has 0 bridgehead atoms. The van der Waals surface area contributed by atoms with Gasteiger partial charge in [-0.05, 0) is 6.92 Å². The number of carbonyl (C=O) groups excluding carboxylic acids is 1. The Labute approximate surface area is 83.3 Å². The first-order valence-corrected chi connectivity index (χ1v) is 4.55. The van der Waals surface area contributed by atoms with Gasteiger partial charge in [0.05, 0.1) is 6.61 Å². The Morgan fingerprint density at radius 3 is 2.50 bits per heavy atom. The molecule has 0 fully saturated rings. The fraction of sp³-hybridized carbons (Fsp3) is 0.556. The number of hydrogen-bond donors (Lipinski definition) is 1. The molecule has 0 aliphatic carbocycles. The number of aryl methyl sites for hydroxylation is 1. The SMILES string of the molecule is CC.CCOC(=O)c1nc(C)oc1N. The van der Waals surface area contributed by atoms with Gasteiger partial charge in [-0.25, -0.2) is 9.78 Å². The summed E-state index contributed by atoms with van der Waals surface area (Å²) in [4.78, 5) is 14.8. The van der Waals surface area contributed by atoms with Crippen LogP contribution in [0, 0.1) is 6.92 Å². The Bertz CT molecular complexity index is 294. The maximum Gasteiger partial charge on any atom is 0.362 e. The van der Waals surface area contributed by atoms with Gasteiger partial charge in [-0.15, -0.1) is 0 Å². The molecule has 0 amide bonds. The molecule has 0 atom stereocenters. The molecular formula is C9H16N2O3. The third-order valence-electron chi connectivity index (χ3n) is 1.23. The van der Waals surface area contributed by atoms with Gasteiger partial charge in [0, 0.05) is 6.92 Å². The molecule has 2 N–H and O–H groups in total. The van der Waals surface area contributed by atoms with E-state index in [0.717, 1.165) is 0 Å². The number of anilines is 1. The lowest BCUT2D eigenvalue weighted by Gasteiger charge is -1.96. The first-order chi connectivity index (χ1) is 6.65. The average Bonchev–Trinajstić information content (AvgIpc) is 2.49. The lowest BCUT2D eigenvalue weighted by molar-refractivity contribution is 0.0521. The molecule has 1 rings (SSSR count). The number of rotatable bonds is 2. The molecule has 0 aliphatic heterocycles. The summed E-state index contributed by atoms with van der Waals surface area (Å²) in [6, 6.07) is 0. The molecule has 1 heterocycles. The van der Waals surface area contributed by atoms with Gasteiger partial charge in [0.15, 0.2) is 5.89 Å². The Balaban J connectivity index is 0.000000791. The zero-order chi connectivity index (χ0) is 11.1. The number of nitrogens with two attached hydrogens (primary N) is 1. The highest BCUT2D eigenvalue weighted by Crippen LogP contribution is 2.13. The Kier molecular flexibility index (Phi) is 5.36. The van der Waals surface area contributed by atoms with Crippen LogP contribution in [0.4, 0.5) is 5.88 Å². The molecule has 80 valence electrons. The second kappa shape index (κ2) is 6.01. The Hall–Kier alpha value is -1.52. The highest BCUT2D eigenvalue weighted by molar-refractivity contribution is 5.91. The predicted octanol–water partition coefficient (Wildman–Crippen LogP) is 1.77. The maximum absolute atomic E-state index is 11.1. The Morgan fingerprint density at radius 1 is 1.57 bits per heavy atom. The minimum atomic E-state index is -0.549. The predicted molar refractivity (Wildman–Crippen MR) is 53.0 cm³/mol. The molecule has 1 aromatic rings. The number of nitrogen functional groups attached to an aromatic ring is 1. The molecule has 0 aliphatic rings. The largest absolute Gasteiger partial charge is 0.461 e. The molecule has 0 spiro atoms. The molecule has 1 aromatic heterocycles. The van der Waals surface area contributed by atoms with E-state index in [1.165, 1.54) is 0 Å². The van der Waals surface area contributed by atoms with Crippen LogP contribution in [-0.2, 0) is 4.74 Å². The summed E-state index contributed by atoms with van der Waals surface area (Å²) >= 11 is 0. The lowest BCUT2D eigenvalue weighted by Crippen LogP contribution is -2.07. The highest BCUT2D eigenvalue weighted by atomic mass is 16.5. The molecule has 0 radical (unpaired) electrons. The Morgan fingerprint density at radius 2 is 2.14 bits per heavy atom. The number of esters is 1. The van der Waals surface area contributed by atoms with Crippen molar-refractivity contribution in [1.82, 2.24) is 4.98 Å². The van der Waals surface area contributed by atoms with Crippen molar-refractivity contribution in [2.45, 2.75) is 27.7 Å². The molecule has 0 aromatic carbocycles. The number of ether oxygens (including phenoxy) is 1. The van der Waals surface area contributed by atoms with Gasteiger partial charge in [-0.3, -0.25) is 0 Å². The van der Waals surface area contributed by atoms with Gasteiger partial charge in [0.1, 0.15) is 0 Å².